The quantitative estimate of drug-likeness (QED) is 0.850. The SMILES string of the molecule is CCc1cccc(C)c1NC(=O)[C@H](C)c1nc(CC(=O)O)cs1. The number of carbonyl (C=O) groups is 2. The number of anilines is 1. The number of nitrogens with one attached hydrogen (secondary N) is 1. The first kappa shape index (κ1) is 17.1. The molecule has 23 heavy (non-hydrogen) atoms. The van der Waals surface area contributed by atoms with E-state index in [4.69, 9.17) is 5.11 Å². The number of nitrogens with zero attached hydrogens (tertiary/aromatic N) is 1. The Labute approximate surface area is 139 Å². The van der Waals surface area contributed by atoms with Crippen LogP contribution in [0.5, 0.6) is 0 Å². The zero-order chi connectivity index (χ0) is 17.0. The van der Waals surface area contributed by atoms with Gasteiger partial charge in [0, 0.05) is 11.1 Å². The van der Waals surface area contributed by atoms with Gasteiger partial charge in [0.2, 0.25) is 5.91 Å². The van der Waals surface area contributed by atoms with E-state index < -0.39 is 11.9 Å². The molecule has 0 fully saturated rings. The third kappa shape index (κ3) is 4.16. The van der Waals surface area contributed by atoms with Crippen LogP contribution in [0.25, 0.3) is 0 Å². The molecule has 1 atom stereocenters. The minimum atomic E-state index is -0.925. The van der Waals surface area contributed by atoms with Crippen molar-refractivity contribution in [3.05, 3.63) is 45.4 Å². The molecule has 5 nitrogen and oxygen atoms in total. The van der Waals surface area contributed by atoms with Gasteiger partial charge >= 0.3 is 5.97 Å². The monoisotopic (exact) mass is 332 g/mol. The number of aliphatic carboxylic acids is 1. The van der Waals surface area contributed by atoms with Crippen LogP contribution in [0.4, 0.5) is 5.69 Å². The Kier molecular flexibility index (Phi) is 5.50. The second kappa shape index (κ2) is 7.37. The fourth-order valence-electron chi connectivity index (χ4n) is 2.30. The molecule has 1 amide bonds. The number of aryl methyl sites for hydroxylation is 2. The van der Waals surface area contributed by atoms with Crippen LogP contribution in [-0.2, 0) is 22.4 Å². The lowest BCUT2D eigenvalue weighted by molar-refractivity contribution is -0.136. The molecule has 0 bridgehead atoms. The lowest BCUT2D eigenvalue weighted by atomic mass is 10.0. The number of thiazole rings is 1. The Bertz CT molecular complexity index is 724. The van der Waals surface area contributed by atoms with E-state index in [1.54, 1.807) is 12.3 Å². The van der Waals surface area contributed by atoms with E-state index in [2.05, 4.69) is 10.3 Å². The average Bonchev–Trinajstić information content (AvgIpc) is 2.95. The summed E-state index contributed by atoms with van der Waals surface area (Å²) in [4.78, 5) is 27.5. The number of rotatable bonds is 6. The van der Waals surface area contributed by atoms with Crippen LogP contribution in [0, 0.1) is 6.92 Å². The molecule has 2 aromatic rings. The van der Waals surface area contributed by atoms with E-state index in [1.165, 1.54) is 11.3 Å². The predicted octanol–water partition coefficient (Wildman–Crippen LogP) is 3.38. The van der Waals surface area contributed by atoms with Gasteiger partial charge in [0.25, 0.3) is 0 Å². The molecule has 0 aliphatic rings. The largest absolute Gasteiger partial charge is 0.481 e. The molecular weight excluding hydrogens is 312 g/mol. The summed E-state index contributed by atoms with van der Waals surface area (Å²) < 4.78 is 0. The van der Waals surface area contributed by atoms with Crippen molar-refractivity contribution in [3.63, 3.8) is 0 Å². The van der Waals surface area contributed by atoms with Crippen LogP contribution in [-0.4, -0.2) is 22.0 Å². The van der Waals surface area contributed by atoms with Crippen molar-refractivity contribution in [2.45, 2.75) is 39.5 Å². The highest BCUT2D eigenvalue weighted by Gasteiger charge is 2.20. The number of benzene rings is 1. The van der Waals surface area contributed by atoms with Crippen molar-refractivity contribution in [3.8, 4) is 0 Å². The third-order valence-electron chi connectivity index (χ3n) is 3.65. The maximum Gasteiger partial charge on any atom is 0.309 e. The fraction of sp³-hybridized carbons (Fsp3) is 0.353. The third-order valence-corrected chi connectivity index (χ3v) is 4.73. The van der Waals surface area contributed by atoms with Crippen LogP contribution < -0.4 is 5.32 Å². The Hall–Kier alpha value is -2.21. The number of hydrogen-bond donors (Lipinski definition) is 2. The van der Waals surface area contributed by atoms with Crippen molar-refractivity contribution in [1.82, 2.24) is 4.98 Å². The predicted molar refractivity (Wildman–Crippen MR) is 91.1 cm³/mol. The molecule has 1 heterocycles. The normalized spacial score (nSPS) is 12.0. The lowest BCUT2D eigenvalue weighted by Crippen LogP contribution is -2.20. The number of hydrogen-bond acceptors (Lipinski definition) is 4. The maximum absolute atomic E-state index is 12.5. The standard InChI is InChI=1S/C17H20N2O3S/c1-4-12-7-5-6-10(2)15(12)19-16(22)11(3)17-18-13(9-23-17)8-14(20)21/h5-7,9,11H,4,8H2,1-3H3,(H,19,22)(H,20,21)/t11-/m0/s1. The van der Waals surface area contributed by atoms with Crippen LogP contribution in [0.15, 0.2) is 23.6 Å². The van der Waals surface area contributed by atoms with Gasteiger partial charge in [-0.3, -0.25) is 9.59 Å². The molecule has 2 N–H and O–H groups in total. The van der Waals surface area contributed by atoms with Crippen molar-refractivity contribution >= 4 is 28.9 Å². The smallest absolute Gasteiger partial charge is 0.309 e. The van der Waals surface area contributed by atoms with Crippen molar-refractivity contribution < 1.29 is 14.7 Å². The summed E-state index contributed by atoms with van der Waals surface area (Å²) in [5.74, 6) is -1.48. The van der Waals surface area contributed by atoms with E-state index in [-0.39, 0.29) is 12.3 Å². The van der Waals surface area contributed by atoms with Gasteiger partial charge in [-0.15, -0.1) is 11.3 Å². The summed E-state index contributed by atoms with van der Waals surface area (Å²) in [7, 11) is 0. The molecule has 122 valence electrons. The number of amides is 1. The van der Waals surface area contributed by atoms with Gasteiger partial charge in [0.1, 0.15) is 5.01 Å². The molecular formula is C17H20N2O3S. The second-order valence-corrected chi connectivity index (χ2v) is 6.31. The molecule has 0 saturated heterocycles. The van der Waals surface area contributed by atoms with Crippen molar-refractivity contribution in [2.24, 2.45) is 0 Å². The molecule has 0 saturated carbocycles. The molecule has 0 unspecified atom stereocenters. The Balaban J connectivity index is 2.14. The highest BCUT2D eigenvalue weighted by Crippen LogP contribution is 2.25. The van der Waals surface area contributed by atoms with E-state index in [9.17, 15) is 9.59 Å². The first-order valence-corrected chi connectivity index (χ1v) is 8.35. The Morgan fingerprint density at radius 3 is 2.78 bits per heavy atom. The summed E-state index contributed by atoms with van der Waals surface area (Å²) in [5.41, 5.74) is 3.46. The number of carboxylic acids is 1. The van der Waals surface area contributed by atoms with Gasteiger partial charge in [-0.2, -0.15) is 0 Å². The van der Waals surface area contributed by atoms with Crippen LogP contribution in [0.3, 0.4) is 0 Å². The van der Waals surface area contributed by atoms with E-state index in [1.807, 2.05) is 32.0 Å². The Morgan fingerprint density at radius 2 is 2.13 bits per heavy atom. The average molecular weight is 332 g/mol. The minimum absolute atomic E-state index is 0.122. The molecule has 0 spiro atoms. The van der Waals surface area contributed by atoms with Gasteiger partial charge in [0.15, 0.2) is 0 Å². The number of aromatic nitrogens is 1. The topological polar surface area (TPSA) is 79.3 Å². The summed E-state index contributed by atoms with van der Waals surface area (Å²) in [6.45, 7) is 5.79. The summed E-state index contributed by atoms with van der Waals surface area (Å²) in [6, 6.07) is 5.95. The second-order valence-electron chi connectivity index (χ2n) is 5.42. The zero-order valence-electron chi connectivity index (χ0n) is 13.4. The van der Waals surface area contributed by atoms with Gasteiger partial charge < -0.3 is 10.4 Å². The molecule has 1 aromatic carbocycles. The number of para-hydroxylation sites is 1. The maximum atomic E-state index is 12.5. The molecule has 0 radical (unpaired) electrons. The van der Waals surface area contributed by atoms with Crippen LogP contribution in [0.2, 0.25) is 0 Å². The number of carbonyl (C=O) groups excluding carboxylic acids is 1. The molecule has 0 aliphatic heterocycles. The van der Waals surface area contributed by atoms with Crippen LogP contribution in [0.1, 0.15) is 41.6 Å². The van der Waals surface area contributed by atoms with E-state index in [0.29, 0.717) is 10.7 Å². The minimum Gasteiger partial charge on any atom is -0.481 e. The first-order chi connectivity index (χ1) is 10.9. The summed E-state index contributed by atoms with van der Waals surface area (Å²) in [6.07, 6.45) is 0.717. The van der Waals surface area contributed by atoms with Crippen molar-refractivity contribution in [1.29, 1.82) is 0 Å². The van der Waals surface area contributed by atoms with E-state index in [0.717, 1.165) is 23.2 Å². The first-order valence-electron chi connectivity index (χ1n) is 7.47. The lowest BCUT2D eigenvalue weighted by Gasteiger charge is -2.15. The molecule has 0 aliphatic carbocycles. The van der Waals surface area contributed by atoms with Crippen LogP contribution >= 0.6 is 11.3 Å². The van der Waals surface area contributed by atoms with Gasteiger partial charge in [0.05, 0.1) is 18.0 Å². The van der Waals surface area contributed by atoms with Gasteiger partial charge in [-0.05, 0) is 31.4 Å². The highest BCUT2D eigenvalue weighted by molar-refractivity contribution is 7.09. The zero-order valence-corrected chi connectivity index (χ0v) is 14.2. The molecule has 6 heteroatoms. The summed E-state index contributed by atoms with van der Waals surface area (Å²) in [5, 5.41) is 14.1. The molecule has 1 aromatic heterocycles. The molecule has 2 rings (SSSR count). The van der Waals surface area contributed by atoms with Gasteiger partial charge in [-0.25, -0.2) is 4.98 Å². The van der Waals surface area contributed by atoms with E-state index >= 15 is 0 Å². The number of carboxylic acid groups (broad SMARTS) is 1. The van der Waals surface area contributed by atoms with Crippen molar-refractivity contribution in [2.75, 3.05) is 5.32 Å². The Morgan fingerprint density at radius 1 is 1.39 bits per heavy atom. The highest BCUT2D eigenvalue weighted by atomic mass is 32.1. The summed E-state index contributed by atoms with van der Waals surface area (Å²) >= 11 is 1.32. The van der Waals surface area contributed by atoms with Gasteiger partial charge in [-0.1, -0.05) is 25.1 Å². The fourth-order valence-corrected chi connectivity index (χ4v) is 3.18.